The molecule has 1 aromatic carbocycles. The molecule has 3 rings (SSSR count). The molecule has 0 bridgehead atoms. The molecule has 6 heteroatoms. The number of piperazine rings is 1. The van der Waals surface area contributed by atoms with Crippen molar-refractivity contribution in [3.05, 3.63) is 52.5 Å². The molecule has 1 aliphatic heterocycles. The van der Waals surface area contributed by atoms with E-state index in [-0.39, 0.29) is 29.7 Å². The molecular weight excluding hydrogens is 361 g/mol. The number of anilines is 1. The third-order valence-corrected chi connectivity index (χ3v) is 6.04. The molecule has 1 amide bonds. The number of benzene rings is 1. The Labute approximate surface area is 165 Å². The Morgan fingerprint density at radius 3 is 2.30 bits per heavy atom. The van der Waals surface area contributed by atoms with Crippen molar-refractivity contribution >= 4 is 22.9 Å². The molecule has 1 aliphatic rings. The van der Waals surface area contributed by atoms with Crippen molar-refractivity contribution in [1.29, 1.82) is 0 Å². The van der Waals surface area contributed by atoms with E-state index in [2.05, 4.69) is 39.6 Å². The molecule has 1 saturated heterocycles. The Kier molecular flexibility index (Phi) is 6.50. The van der Waals surface area contributed by atoms with Crippen LogP contribution in [0.15, 0.2) is 41.8 Å². The van der Waals surface area contributed by atoms with E-state index >= 15 is 0 Å². The largest absolute Gasteiger partial charge is 0.369 e. The monoisotopic (exact) mass is 389 g/mol. The van der Waals surface area contributed by atoms with Crippen molar-refractivity contribution in [3.63, 3.8) is 0 Å². The fourth-order valence-electron chi connectivity index (χ4n) is 3.58. The summed E-state index contributed by atoms with van der Waals surface area (Å²) in [5.74, 6) is -0.134. The zero-order valence-corrected chi connectivity index (χ0v) is 17.0. The van der Waals surface area contributed by atoms with E-state index in [9.17, 15) is 9.18 Å². The number of halogens is 1. The van der Waals surface area contributed by atoms with Gasteiger partial charge in [-0.25, -0.2) is 4.39 Å². The van der Waals surface area contributed by atoms with E-state index in [4.69, 9.17) is 0 Å². The van der Waals surface area contributed by atoms with Crippen molar-refractivity contribution in [3.8, 4) is 0 Å². The zero-order valence-electron chi connectivity index (χ0n) is 16.2. The van der Waals surface area contributed by atoms with Crippen LogP contribution in [0, 0.1) is 11.7 Å². The molecule has 0 saturated carbocycles. The van der Waals surface area contributed by atoms with Crippen molar-refractivity contribution in [2.24, 2.45) is 5.92 Å². The molecule has 0 spiro atoms. The zero-order chi connectivity index (χ0) is 19.4. The highest BCUT2D eigenvalue weighted by Gasteiger charge is 2.31. The Morgan fingerprint density at radius 1 is 1.07 bits per heavy atom. The van der Waals surface area contributed by atoms with Crippen molar-refractivity contribution in [1.82, 2.24) is 10.2 Å². The molecule has 0 unspecified atom stereocenters. The van der Waals surface area contributed by atoms with Gasteiger partial charge in [-0.2, -0.15) is 0 Å². The molecule has 2 atom stereocenters. The van der Waals surface area contributed by atoms with E-state index < -0.39 is 0 Å². The smallest absolute Gasteiger partial charge is 0.222 e. The van der Waals surface area contributed by atoms with Gasteiger partial charge in [-0.05, 0) is 42.6 Å². The Hall–Kier alpha value is -1.92. The van der Waals surface area contributed by atoms with Crippen LogP contribution in [0.4, 0.5) is 10.1 Å². The maximum Gasteiger partial charge on any atom is 0.222 e. The van der Waals surface area contributed by atoms with Crippen LogP contribution in [0.2, 0.25) is 0 Å². The average molecular weight is 390 g/mol. The highest BCUT2D eigenvalue weighted by Crippen LogP contribution is 2.30. The molecule has 2 heterocycles. The summed E-state index contributed by atoms with van der Waals surface area (Å²) in [5, 5.41) is 5.28. The van der Waals surface area contributed by atoms with Crippen LogP contribution in [-0.2, 0) is 4.79 Å². The minimum Gasteiger partial charge on any atom is -0.369 e. The number of carbonyl (C=O) groups excluding carboxylic acids is 1. The predicted octanol–water partition coefficient (Wildman–Crippen LogP) is 3.91. The van der Waals surface area contributed by atoms with Gasteiger partial charge in [0, 0.05) is 48.7 Å². The maximum atomic E-state index is 13.2. The number of nitrogens with zero attached hydrogens (tertiary/aromatic N) is 2. The number of thiophene rings is 1. The minimum absolute atomic E-state index is 0.0215. The van der Waals surface area contributed by atoms with Gasteiger partial charge in [0.05, 0.1) is 6.04 Å². The number of carbonyl (C=O) groups is 1. The van der Waals surface area contributed by atoms with E-state index in [1.807, 2.05) is 26.0 Å². The van der Waals surface area contributed by atoms with Crippen molar-refractivity contribution in [2.75, 3.05) is 31.1 Å². The van der Waals surface area contributed by atoms with Crippen LogP contribution in [0.25, 0.3) is 0 Å². The van der Waals surface area contributed by atoms with Crippen LogP contribution in [0.3, 0.4) is 0 Å². The Morgan fingerprint density at radius 2 is 1.74 bits per heavy atom. The summed E-state index contributed by atoms with van der Waals surface area (Å²) in [7, 11) is 0. The first-order chi connectivity index (χ1) is 13.0. The predicted molar refractivity (Wildman–Crippen MR) is 110 cm³/mol. The highest BCUT2D eigenvalue weighted by molar-refractivity contribution is 7.10. The summed E-state index contributed by atoms with van der Waals surface area (Å²) in [5.41, 5.74) is 1.06. The second-order valence-corrected chi connectivity index (χ2v) is 8.39. The summed E-state index contributed by atoms with van der Waals surface area (Å²) >= 11 is 1.74. The van der Waals surface area contributed by atoms with E-state index in [1.54, 1.807) is 11.3 Å². The lowest BCUT2D eigenvalue weighted by Crippen LogP contribution is -2.52. The molecule has 146 valence electrons. The first kappa shape index (κ1) is 19.8. The Balaban J connectivity index is 1.69. The van der Waals surface area contributed by atoms with Gasteiger partial charge in [0.2, 0.25) is 5.91 Å². The topological polar surface area (TPSA) is 35.6 Å². The number of hydrogen-bond donors (Lipinski definition) is 1. The van der Waals surface area contributed by atoms with Gasteiger partial charge in [0.25, 0.3) is 0 Å². The lowest BCUT2D eigenvalue weighted by Gasteiger charge is -2.42. The molecule has 1 N–H and O–H groups in total. The van der Waals surface area contributed by atoms with Gasteiger partial charge < -0.3 is 10.2 Å². The van der Waals surface area contributed by atoms with Gasteiger partial charge in [0.15, 0.2) is 0 Å². The molecule has 0 aliphatic carbocycles. The molecule has 0 radical (unpaired) electrons. The molecule has 1 fully saturated rings. The first-order valence-electron chi connectivity index (χ1n) is 9.54. The van der Waals surface area contributed by atoms with Crippen LogP contribution in [0.5, 0.6) is 0 Å². The second kappa shape index (κ2) is 8.85. The summed E-state index contributed by atoms with van der Waals surface area (Å²) in [6.45, 7) is 9.52. The summed E-state index contributed by atoms with van der Waals surface area (Å²) in [4.78, 5) is 18.2. The van der Waals surface area contributed by atoms with Crippen molar-refractivity contribution in [2.45, 2.75) is 32.9 Å². The molecule has 2 aromatic rings. The van der Waals surface area contributed by atoms with Crippen LogP contribution in [-0.4, -0.2) is 43.0 Å². The third-order valence-electron chi connectivity index (χ3n) is 5.10. The van der Waals surface area contributed by atoms with Crippen LogP contribution >= 0.6 is 11.3 Å². The molecular formula is C21H28FN3OS. The summed E-state index contributed by atoms with van der Waals surface area (Å²) < 4.78 is 13.2. The summed E-state index contributed by atoms with van der Waals surface area (Å²) in [6.07, 6.45) is 0. The van der Waals surface area contributed by atoms with Gasteiger partial charge >= 0.3 is 0 Å². The molecule has 1 aromatic heterocycles. The minimum atomic E-state index is -0.204. The van der Waals surface area contributed by atoms with Crippen LogP contribution in [0.1, 0.15) is 31.7 Å². The fourth-order valence-corrected chi connectivity index (χ4v) is 4.55. The lowest BCUT2D eigenvalue weighted by molar-refractivity contribution is -0.125. The standard InChI is InChI=1S/C21H28FN3OS/c1-15(2)21(26)23-16(3)20(19-5-4-14-27-19)25-12-10-24(11-13-25)18-8-6-17(22)7-9-18/h4-9,14-16,20H,10-13H2,1-3H3,(H,23,26)/t16-,20-/m0/s1. The summed E-state index contributed by atoms with van der Waals surface area (Å²) in [6, 6.07) is 11.1. The maximum absolute atomic E-state index is 13.2. The van der Waals surface area contributed by atoms with E-state index in [0.29, 0.717) is 0 Å². The number of nitrogens with one attached hydrogen (secondary N) is 1. The number of amides is 1. The van der Waals surface area contributed by atoms with Crippen LogP contribution < -0.4 is 10.2 Å². The number of hydrogen-bond acceptors (Lipinski definition) is 4. The lowest BCUT2D eigenvalue weighted by atomic mass is 10.0. The Bertz CT molecular complexity index is 724. The van der Waals surface area contributed by atoms with Gasteiger partial charge in [0.1, 0.15) is 5.82 Å². The SMILES string of the molecule is CC(C)C(=O)N[C@@H](C)[C@@H](c1cccs1)N1CCN(c2ccc(F)cc2)CC1. The van der Waals surface area contributed by atoms with Gasteiger partial charge in [-0.15, -0.1) is 11.3 Å². The van der Waals surface area contributed by atoms with Gasteiger partial charge in [-0.1, -0.05) is 19.9 Å². The quantitative estimate of drug-likeness (QED) is 0.814. The van der Waals surface area contributed by atoms with Gasteiger partial charge in [-0.3, -0.25) is 9.69 Å². The second-order valence-electron chi connectivity index (χ2n) is 7.41. The highest BCUT2D eigenvalue weighted by atomic mass is 32.1. The van der Waals surface area contributed by atoms with E-state index in [0.717, 1.165) is 31.9 Å². The van der Waals surface area contributed by atoms with Crippen molar-refractivity contribution < 1.29 is 9.18 Å². The third kappa shape index (κ3) is 4.87. The normalized spacial score (nSPS) is 17.7. The van der Waals surface area contributed by atoms with E-state index in [1.165, 1.54) is 17.0 Å². The average Bonchev–Trinajstić information content (AvgIpc) is 3.17. The number of rotatable bonds is 6. The fraction of sp³-hybridized carbons (Fsp3) is 0.476. The first-order valence-corrected chi connectivity index (χ1v) is 10.4. The molecule has 27 heavy (non-hydrogen) atoms. The molecule has 4 nitrogen and oxygen atoms in total.